The summed E-state index contributed by atoms with van der Waals surface area (Å²) in [5, 5.41) is 9.98. The van der Waals surface area contributed by atoms with Gasteiger partial charge in [0.05, 0.1) is 21.3 Å². The van der Waals surface area contributed by atoms with E-state index in [0.29, 0.717) is 33.5 Å². The first-order valence-electron chi connectivity index (χ1n) is 6.07. The van der Waals surface area contributed by atoms with Gasteiger partial charge in [-0.25, -0.2) is 14.8 Å². The second-order valence-corrected chi connectivity index (χ2v) is 5.05. The number of aromatic nitrogens is 2. The van der Waals surface area contributed by atoms with Crippen molar-refractivity contribution in [3.63, 3.8) is 0 Å². The first kappa shape index (κ1) is 14.8. The van der Waals surface area contributed by atoms with E-state index in [2.05, 4.69) is 9.97 Å². The predicted octanol–water partition coefficient (Wildman–Crippen LogP) is 4.10. The molecule has 0 aliphatic carbocycles. The van der Waals surface area contributed by atoms with Gasteiger partial charge in [-0.15, -0.1) is 0 Å². The molecule has 0 spiro atoms. The van der Waals surface area contributed by atoms with Crippen LogP contribution in [0.2, 0.25) is 10.0 Å². The van der Waals surface area contributed by atoms with Crippen molar-refractivity contribution in [1.29, 1.82) is 0 Å². The molecule has 0 saturated heterocycles. The second kappa shape index (κ2) is 6.20. The van der Waals surface area contributed by atoms with Crippen LogP contribution in [0.4, 0.5) is 0 Å². The highest BCUT2D eigenvalue weighted by molar-refractivity contribution is 6.42. The van der Waals surface area contributed by atoms with Crippen LogP contribution in [0.25, 0.3) is 11.4 Å². The molecule has 1 heterocycles. The number of carbonyl (C=O) groups is 1. The number of benzene rings is 1. The lowest BCUT2D eigenvalue weighted by molar-refractivity contribution is 0.0694. The molecule has 0 bridgehead atoms. The van der Waals surface area contributed by atoms with Gasteiger partial charge in [0.2, 0.25) is 0 Å². The molecule has 0 amide bonds. The summed E-state index contributed by atoms with van der Waals surface area (Å²) >= 11 is 11.8. The number of rotatable bonds is 4. The minimum absolute atomic E-state index is 0.135. The minimum atomic E-state index is -1.02. The molecule has 1 N–H and O–H groups in total. The van der Waals surface area contributed by atoms with E-state index in [-0.39, 0.29) is 5.56 Å². The Morgan fingerprint density at radius 3 is 2.65 bits per heavy atom. The molecule has 0 aliphatic heterocycles. The average molecular weight is 311 g/mol. The summed E-state index contributed by atoms with van der Waals surface area (Å²) in [5.41, 5.74) is 1.36. The Hall–Kier alpha value is -1.65. The Balaban J connectivity index is 2.49. The summed E-state index contributed by atoms with van der Waals surface area (Å²) in [6, 6.07) is 5.07. The molecule has 0 aliphatic rings. The van der Waals surface area contributed by atoms with Crippen LogP contribution in [0, 0.1) is 0 Å². The fraction of sp³-hybridized carbons (Fsp3) is 0.214. The molecule has 0 saturated carbocycles. The van der Waals surface area contributed by atoms with Crippen molar-refractivity contribution in [2.24, 2.45) is 0 Å². The predicted molar refractivity (Wildman–Crippen MR) is 78.4 cm³/mol. The normalized spacial score (nSPS) is 10.6. The monoisotopic (exact) mass is 310 g/mol. The summed E-state index contributed by atoms with van der Waals surface area (Å²) in [4.78, 5) is 19.5. The number of carboxylic acids is 1. The highest BCUT2D eigenvalue weighted by atomic mass is 35.5. The molecule has 0 unspecified atom stereocenters. The van der Waals surface area contributed by atoms with Gasteiger partial charge in [0.25, 0.3) is 0 Å². The van der Waals surface area contributed by atoms with Gasteiger partial charge in [-0.2, -0.15) is 0 Å². The zero-order valence-corrected chi connectivity index (χ0v) is 12.2. The maximum absolute atomic E-state index is 11.1. The standard InChI is InChI=1S/C14H12Cl2N2O2/c1-2-3-12-9(14(19)20)7-17-13(18-12)8-4-5-10(15)11(16)6-8/h4-7H,2-3H2,1H3,(H,19,20). The van der Waals surface area contributed by atoms with Crippen LogP contribution in [-0.4, -0.2) is 21.0 Å². The summed E-state index contributed by atoms with van der Waals surface area (Å²) < 4.78 is 0. The summed E-state index contributed by atoms with van der Waals surface area (Å²) in [6.07, 6.45) is 2.72. The van der Waals surface area contributed by atoms with Crippen molar-refractivity contribution in [1.82, 2.24) is 9.97 Å². The van der Waals surface area contributed by atoms with Crippen LogP contribution in [0.3, 0.4) is 0 Å². The number of aryl methyl sites for hydroxylation is 1. The van der Waals surface area contributed by atoms with Crippen molar-refractivity contribution in [2.75, 3.05) is 0 Å². The maximum Gasteiger partial charge on any atom is 0.339 e. The number of nitrogens with zero attached hydrogens (tertiary/aromatic N) is 2. The number of halogens is 2. The van der Waals surface area contributed by atoms with Crippen LogP contribution in [0.15, 0.2) is 24.4 Å². The largest absolute Gasteiger partial charge is 0.478 e. The van der Waals surface area contributed by atoms with E-state index in [1.54, 1.807) is 18.2 Å². The molecule has 2 aromatic rings. The lowest BCUT2D eigenvalue weighted by Gasteiger charge is -2.07. The van der Waals surface area contributed by atoms with E-state index >= 15 is 0 Å². The highest BCUT2D eigenvalue weighted by Crippen LogP contribution is 2.27. The van der Waals surface area contributed by atoms with Gasteiger partial charge in [-0.1, -0.05) is 36.5 Å². The van der Waals surface area contributed by atoms with Gasteiger partial charge in [0.1, 0.15) is 0 Å². The van der Waals surface area contributed by atoms with Crippen molar-refractivity contribution < 1.29 is 9.90 Å². The van der Waals surface area contributed by atoms with Crippen molar-refractivity contribution >= 4 is 29.2 Å². The molecule has 1 aromatic carbocycles. The number of aromatic carboxylic acids is 1. The zero-order chi connectivity index (χ0) is 14.7. The Kier molecular flexibility index (Phi) is 4.57. The fourth-order valence-electron chi connectivity index (χ4n) is 1.80. The van der Waals surface area contributed by atoms with Gasteiger partial charge in [0, 0.05) is 11.8 Å². The van der Waals surface area contributed by atoms with Crippen molar-refractivity contribution in [3.05, 3.63) is 45.7 Å². The van der Waals surface area contributed by atoms with E-state index in [4.69, 9.17) is 28.3 Å². The third-order valence-corrected chi connectivity index (χ3v) is 3.50. The topological polar surface area (TPSA) is 63.1 Å². The van der Waals surface area contributed by atoms with Crippen LogP contribution < -0.4 is 0 Å². The molecule has 6 heteroatoms. The van der Waals surface area contributed by atoms with Crippen molar-refractivity contribution in [3.8, 4) is 11.4 Å². The minimum Gasteiger partial charge on any atom is -0.478 e. The first-order valence-corrected chi connectivity index (χ1v) is 6.83. The molecule has 0 fully saturated rings. The van der Waals surface area contributed by atoms with Gasteiger partial charge in [-0.05, 0) is 24.6 Å². The Morgan fingerprint density at radius 1 is 1.30 bits per heavy atom. The van der Waals surface area contributed by atoms with Crippen LogP contribution in [0.1, 0.15) is 29.4 Å². The van der Waals surface area contributed by atoms with E-state index in [1.807, 2.05) is 6.92 Å². The lowest BCUT2D eigenvalue weighted by Crippen LogP contribution is -2.07. The lowest BCUT2D eigenvalue weighted by atomic mass is 10.1. The number of hydrogen-bond acceptors (Lipinski definition) is 3. The zero-order valence-electron chi connectivity index (χ0n) is 10.7. The SMILES string of the molecule is CCCc1nc(-c2ccc(Cl)c(Cl)c2)ncc1C(=O)O. The van der Waals surface area contributed by atoms with Gasteiger partial charge in [0.15, 0.2) is 5.82 Å². The molecule has 104 valence electrons. The molecular formula is C14H12Cl2N2O2. The molecule has 0 radical (unpaired) electrons. The van der Waals surface area contributed by atoms with Crippen LogP contribution in [0.5, 0.6) is 0 Å². The van der Waals surface area contributed by atoms with Gasteiger partial charge >= 0.3 is 5.97 Å². The highest BCUT2D eigenvalue weighted by Gasteiger charge is 2.14. The third kappa shape index (κ3) is 3.08. The maximum atomic E-state index is 11.1. The molecule has 1 aromatic heterocycles. The second-order valence-electron chi connectivity index (χ2n) is 4.24. The van der Waals surface area contributed by atoms with Crippen LogP contribution in [-0.2, 0) is 6.42 Å². The van der Waals surface area contributed by atoms with E-state index in [9.17, 15) is 4.79 Å². The Bertz CT molecular complexity index is 660. The average Bonchev–Trinajstić information content (AvgIpc) is 2.42. The van der Waals surface area contributed by atoms with E-state index < -0.39 is 5.97 Å². The smallest absolute Gasteiger partial charge is 0.339 e. The number of hydrogen-bond donors (Lipinski definition) is 1. The summed E-state index contributed by atoms with van der Waals surface area (Å²) in [5.74, 6) is -0.578. The van der Waals surface area contributed by atoms with E-state index in [1.165, 1.54) is 6.20 Å². The summed E-state index contributed by atoms with van der Waals surface area (Å²) in [7, 11) is 0. The molecule has 0 atom stereocenters. The third-order valence-electron chi connectivity index (χ3n) is 2.76. The van der Waals surface area contributed by atoms with Crippen LogP contribution >= 0.6 is 23.2 Å². The molecular weight excluding hydrogens is 299 g/mol. The molecule has 4 nitrogen and oxygen atoms in total. The first-order chi connectivity index (χ1) is 9.52. The number of carboxylic acid groups (broad SMARTS) is 1. The quantitative estimate of drug-likeness (QED) is 0.923. The molecule has 20 heavy (non-hydrogen) atoms. The van der Waals surface area contributed by atoms with E-state index in [0.717, 1.165) is 6.42 Å². The van der Waals surface area contributed by atoms with Gasteiger partial charge in [-0.3, -0.25) is 0 Å². The fourth-order valence-corrected chi connectivity index (χ4v) is 2.10. The van der Waals surface area contributed by atoms with Gasteiger partial charge < -0.3 is 5.11 Å². The Morgan fingerprint density at radius 2 is 2.05 bits per heavy atom. The van der Waals surface area contributed by atoms with Crippen molar-refractivity contribution in [2.45, 2.75) is 19.8 Å². The molecule has 2 rings (SSSR count). The summed E-state index contributed by atoms with van der Waals surface area (Å²) in [6.45, 7) is 1.96. The Labute approximate surface area is 126 Å².